The number of aromatic nitrogens is 1. The second-order valence-corrected chi connectivity index (χ2v) is 12.5. The highest BCUT2D eigenvalue weighted by Gasteiger charge is 2.66. The lowest BCUT2D eigenvalue weighted by Crippen LogP contribution is -2.55. The van der Waals surface area contributed by atoms with Gasteiger partial charge in [0, 0.05) is 29.9 Å². The minimum atomic E-state index is -0.0661. The van der Waals surface area contributed by atoms with Gasteiger partial charge in [-0.3, -0.25) is 4.98 Å². The first kappa shape index (κ1) is 21.3. The molecule has 2 aliphatic heterocycles. The Balaban J connectivity index is 1.25. The molecule has 1 aromatic carbocycles. The van der Waals surface area contributed by atoms with E-state index in [0.29, 0.717) is 23.9 Å². The van der Waals surface area contributed by atoms with E-state index in [0.717, 1.165) is 6.42 Å². The molecule has 0 amide bonds. The molecule has 1 aromatic heterocycles. The lowest BCUT2D eigenvalue weighted by Gasteiger charge is -2.54. The number of hydrogen-bond acceptors (Lipinski definition) is 3. The molecule has 178 valence electrons. The van der Waals surface area contributed by atoms with Crippen LogP contribution in [0, 0.1) is 11.3 Å². The molecular weight excluding hydrogens is 416 g/mol. The predicted molar refractivity (Wildman–Crippen MR) is 138 cm³/mol. The molecule has 2 bridgehead atoms. The van der Waals surface area contributed by atoms with Crippen molar-refractivity contribution in [1.82, 2.24) is 10.3 Å². The van der Waals surface area contributed by atoms with Gasteiger partial charge in [0.05, 0.1) is 11.2 Å². The Bertz CT molecular complexity index is 1210. The fraction of sp³-hybridized carbons (Fsp3) is 0.581. The molecular formula is C31H38N2O. The van der Waals surface area contributed by atoms with E-state index < -0.39 is 0 Å². The summed E-state index contributed by atoms with van der Waals surface area (Å²) >= 11 is 0. The van der Waals surface area contributed by atoms with Crippen LogP contribution in [0.2, 0.25) is 0 Å². The average molecular weight is 455 g/mol. The molecule has 7 rings (SSSR count). The summed E-state index contributed by atoms with van der Waals surface area (Å²) in [7, 11) is 0. The normalized spacial score (nSPS) is 40.5. The van der Waals surface area contributed by atoms with Crippen molar-refractivity contribution in [2.45, 2.75) is 101 Å². The zero-order valence-electron chi connectivity index (χ0n) is 20.9. The average Bonchev–Trinajstić information content (AvgIpc) is 3.33. The molecule has 3 heterocycles. The summed E-state index contributed by atoms with van der Waals surface area (Å²) in [5, 5.41) is 6.39. The fourth-order valence-corrected chi connectivity index (χ4v) is 8.89. The first-order valence-electron chi connectivity index (χ1n) is 13.6. The van der Waals surface area contributed by atoms with E-state index in [1.807, 2.05) is 12.4 Å². The maximum absolute atomic E-state index is 7.44. The van der Waals surface area contributed by atoms with Gasteiger partial charge >= 0.3 is 0 Å². The SMILES string of the molecule is CC(C)NC1CCC2=CC3=CC[C@]4(C)C(c5ccc6ccncc6c5)CC[C@H]4[C@@]34CC[C@]2(C1)O4. The number of fused-ring (bicyclic) bond motifs is 2. The number of nitrogens with one attached hydrogen (secondary N) is 1. The molecule has 34 heavy (non-hydrogen) atoms. The van der Waals surface area contributed by atoms with E-state index in [2.05, 4.69) is 67.5 Å². The van der Waals surface area contributed by atoms with Crippen LogP contribution in [-0.2, 0) is 4.74 Å². The van der Waals surface area contributed by atoms with Crippen molar-refractivity contribution in [3.63, 3.8) is 0 Å². The third-order valence-electron chi connectivity index (χ3n) is 10.3. The van der Waals surface area contributed by atoms with Crippen LogP contribution in [-0.4, -0.2) is 28.3 Å². The lowest BCUT2D eigenvalue weighted by atomic mass is 9.58. The maximum Gasteiger partial charge on any atom is 0.0974 e. The molecule has 6 atom stereocenters. The molecule has 3 fully saturated rings. The number of nitrogens with zero attached hydrogens (tertiary/aromatic N) is 1. The highest BCUT2D eigenvalue weighted by molar-refractivity contribution is 5.82. The van der Waals surface area contributed by atoms with Crippen LogP contribution in [0.4, 0.5) is 0 Å². The molecule has 2 aromatic rings. The molecule has 2 unspecified atom stereocenters. The Morgan fingerprint density at radius 1 is 1.09 bits per heavy atom. The van der Waals surface area contributed by atoms with E-state index >= 15 is 0 Å². The summed E-state index contributed by atoms with van der Waals surface area (Å²) in [5.74, 6) is 1.19. The highest BCUT2D eigenvalue weighted by Crippen LogP contribution is 2.69. The molecule has 2 saturated carbocycles. The smallest absolute Gasteiger partial charge is 0.0974 e. The molecule has 0 radical (unpaired) electrons. The van der Waals surface area contributed by atoms with Crippen LogP contribution in [0.3, 0.4) is 0 Å². The predicted octanol–water partition coefficient (Wildman–Crippen LogP) is 6.84. The molecule has 3 aliphatic carbocycles. The highest BCUT2D eigenvalue weighted by atomic mass is 16.5. The third kappa shape index (κ3) is 2.86. The van der Waals surface area contributed by atoms with Crippen molar-refractivity contribution in [2.75, 3.05) is 0 Å². The Labute approximate surface area is 204 Å². The number of rotatable bonds is 3. The first-order chi connectivity index (χ1) is 16.4. The van der Waals surface area contributed by atoms with E-state index in [1.165, 1.54) is 66.9 Å². The number of ether oxygens (including phenoxy) is 1. The molecule has 3 nitrogen and oxygen atoms in total. The summed E-state index contributed by atoms with van der Waals surface area (Å²) in [6.45, 7) is 7.12. The first-order valence-corrected chi connectivity index (χ1v) is 13.6. The van der Waals surface area contributed by atoms with Gasteiger partial charge in [0.1, 0.15) is 0 Å². The summed E-state index contributed by atoms with van der Waals surface area (Å²) < 4.78 is 7.44. The largest absolute Gasteiger partial charge is 0.359 e. The van der Waals surface area contributed by atoms with E-state index in [4.69, 9.17) is 4.74 Å². The van der Waals surface area contributed by atoms with Gasteiger partial charge in [-0.05, 0) is 103 Å². The van der Waals surface area contributed by atoms with Gasteiger partial charge < -0.3 is 10.1 Å². The summed E-state index contributed by atoms with van der Waals surface area (Å²) in [5.41, 5.74) is 4.78. The zero-order valence-corrected chi connectivity index (χ0v) is 20.9. The van der Waals surface area contributed by atoms with Crippen LogP contribution in [0.25, 0.3) is 10.8 Å². The minimum absolute atomic E-state index is 0.0207. The van der Waals surface area contributed by atoms with Crippen molar-refractivity contribution in [3.8, 4) is 0 Å². The van der Waals surface area contributed by atoms with Gasteiger partial charge in [-0.25, -0.2) is 0 Å². The second kappa shape index (κ2) is 7.27. The van der Waals surface area contributed by atoms with Gasteiger partial charge in [0.25, 0.3) is 0 Å². The molecule has 1 saturated heterocycles. The fourth-order valence-electron chi connectivity index (χ4n) is 8.89. The zero-order chi connectivity index (χ0) is 23.1. The molecule has 3 heteroatoms. The van der Waals surface area contributed by atoms with Gasteiger partial charge in [-0.15, -0.1) is 0 Å². The number of hydrogen-bond donors (Lipinski definition) is 1. The lowest BCUT2D eigenvalue weighted by molar-refractivity contribution is -0.136. The molecule has 2 spiro atoms. The van der Waals surface area contributed by atoms with Crippen LogP contribution in [0.15, 0.2) is 60.0 Å². The van der Waals surface area contributed by atoms with E-state index in [9.17, 15) is 0 Å². The molecule has 1 N–H and O–H groups in total. The Kier molecular flexibility index (Phi) is 4.56. The topological polar surface area (TPSA) is 34.2 Å². The Morgan fingerprint density at radius 3 is 2.88 bits per heavy atom. The van der Waals surface area contributed by atoms with Crippen molar-refractivity contribution in [1.29, 1.82) is 0 Å². The number of allylic oxidation sites excluding steroid dienone is 1. The van der Waals surface area contributed by atoms with E-state index in [1.54, 1.807) is 5.57 Å². The number of benzene rings is 1. The van der Waals surface area contributed by atoms with Crippen molar-refractivity contribution < 1.29 is 4.74 Å². The summed E-state index contributed by atoms with van der Waals surface area (Å²) in [6, 6.07) is 10.3. The maximum atomic E-state index is 7.44. The summed E-state index contributed by atoms with van der Waals surface area (Å²) in [6.07, 6.45) is 18.8. The van der Waals surface area contributed by atoms with Gasteiger partial charge in [0.2, 0.25) is 0 Å². The second-order valence-electron chi connectivity index (χ2n) is 12.5. The van der Waals surface area contributed by atoms with Crippen molar-refractivity contribution in [3.05, 3.63) is 65.5 Å². The van der Waals surface area contributed by atoms with Gasteiger partial charge in [-0.1, -0.05) is 45.1 Å². The monoisotopic (exact) mass is 454 g/mol. The van der Waals surface area contributed by atoms with Gasteiger partial charge in [0.15, 0.2) is 0 Å². The van der Waals surface area contributed by atoms with Crippen LogP contribution in [0.1, 0.15) is 83.6 Å². The Morgan fingerprint density at radius 2 is 2.00 bits per heavy atom. The van der Waals surface area contributed by atoms with Gasteiger partial charge in [-0.2, -0.15) is 0 Å². The third-order valence-corrected chi connectivity index (χ3v) is 10.3. The van der Waals surface area contributed by atoms with Crippen molar-refractivity contribution >= 4 is 10.8 Å². The molecule has 5 aliphatic rings. The van der Waals surface area contributed by atoms with Crippen LogP contribution >= 0.6 is 0 Å². The standard InChI is InChI=1S/C31H38N2O/c1-20(2)33-26-7-6-24-17-25-10-12-29(3)27(22-5-4-21-11-15-32-19-23(21)16-22)8-9-28(29)31(25)14-13-30(24,18-26)34-31/h4-5,10-11,15-17,19-20,26-28,33H,6-9,12-14,18H2,1-3H3/t26?,27?,28-,29-,30-,31-/m1/s1. The number of pyridine rings is 1. The quantitative estimate of drug-likeness (QED) is 0.551. The summed E-state index contributed by atoms with van der Waals surface area (Å²) in [4.78, 5) is 4.38. The van der Waals surface area contributed by atoms with Crippen LogP contribution in [0.5, 0.6) is 0 Å². The van der Waals surface area contributed by atoms with E-state index in [-0.39, 0.29) is 16.6 Å². The van der Waals surface area contributed by atoms with Crippen LogP contribution < -0.4 is 5.32 Å². The van der Waals surface area contributed by atoms with Crippen molar-refractivity contribution in [2.24, 2.45) is 11.3 Å². The minimum Gasteiger partial charge on any atom is -0.359 e. The Hall–Kier alpha value is -1.97.